The lowest BCUT2D eigenvalue weighted by Gasteiger charge is -2.17. The molecule has 0 amide bonds. The zero-order valence-electron chi connectivity index (χ0n) is 10.5. The molecule has 1 rings (SSSR count). The Morgan fingerprint density at radius 2 is 1.94 bits per heavy atom. The van der Waals surface area contributed by atoms with Crippen molar-refractivity contribution < 1.29 is 9.47 Å². The third kappa shape index (κ3) is 2.57. The Bertz CT molecular complexity index is 367. The summed E-state index contributed by atoms with van der Waals surface area (Å²) in [5, 5.41) is 0. The monoisotopic (exact) mass is 220 g/mol. The quantitative estimate of drug-likeness (QED) is 0.706. The molecule has 2 nitrogen and oxygen atoms in total. The molecule has 1 aromatic rings. The minimum absolute atomic E-state index is 0.411. The first-order valence-electron chi connectivity index (χ1n) is 5.49. The lowest BCUT2D eigenvalue weighted by molar-refractivity contribution is 0.393. The van der Waals surface area contributed by atoms with E-state index in [-0.39, 0.29) is 0 Å². The summed E-state index contributed by atoms with van der Waals surface area (Å²) in [7, 11) is 3.39. The third-order valence-electron chi connectivity index (χ3n) is 2.59. The Labute approximate surface area is 97.9 Å². The van der Waals surface area contributed by atoms with Gasteiger partial charge in [0.15, 0.2) is 0 Å². The Morgan fingerprint density at radius 3 is 2.38 bits per heavy atom. The van der Waals surface area contributed by atoms with Crippen molar-refractivity contribution in [1.29, 1.82) is 0 Å². The van der Waals surface area contributed by atoms with Gasteiger partial charge < -0.3 is 9.47 Å². The Hall–Kier alpha value is -1.44. The van der Waals surface area contributed by atoms with Gasteiger partial charge in [0.2, 0.25) is 0 Å². The van der Waals surface area contributed by atoms with Gasteiger partial charge in [-0.15, -0.1) is 6.58 Å². The number of ether oxygens (including phenoxy) is 2. The molecule has 0 radical (unpaired) electrons. The van der Waals surface area contributed by atoms with E-state index in [2.05, 4.69) is 20.4 Å². The van der Waals surface area contributed by atoms with Gasteiger partial charge in [0, 0.05) is 11.1 Å². The molecule has 2 heteroatoms. The van der Waals surface area contributed by atoms with Crippen LogP contribution < -0.4 is 9.47 Å². The van der Waals surface area contributed by atoms with Gasteiger partial charge in [0.25, 0.3) is 0 Å². The lowest BCUT2D eigenvalue weighted by Crippen LogP contribution is -2.00. The molecule has 0 spiro atoms. The summed E-state index contributed by atoms with van der Waals surface area (Å²) in [5.41, 5.74) is 2.30. The van der Waals surface area contributed by atoms with Crippen LogP contribution in [0.3, 0.4) is 0 Å². The van der Waals surface area contributed by atoms with Gasteiger partial charge in [-0.3, -0.25) is 0 Å². The van der Waals surface area contributed by atoms with Gasteiger partial charge in [-0.05, 0) is 24.5 Å². The van der Waals surface area contributed by atoms with E-state index in [4.69, 9.17) is 9.47 Å². The highest BCUT2D eigenvalue weighted by atomic mass is 16.5. The molecular formula is C14H20O2. The molecule has 0 bridgehead atoms. The van der Waals surface area contributed by atoms with Crippen molar-refractivity contribution in [3.05, 3.63) is 35.9 Å². The predicted molar refractivity (Wildman–Crippen MR) is 67.5 cm³/mol. The van der Waals surface area contributed by atoms with Crippen molar-refractivity contribution in [2.75, 3.05) is 14.2 Å². The van der Waals surface area contributed by atoms with Crippen molar-refractivity contribution in [3.8, 4) is 11.5 Å². The molecule has 88 valence electrons. The second kappa shape index (κ2) is 5.59. The van der Waals surface area contributed by atoms with E-state index < -0.39 is 0 Å². The topological polar surface area (TPSA) is 18.5 Å². The normalized spacial score (nSPS) is 10.3. The summed E-state index contributed by atoms with van der Waals surface area (Å²) in [5.74, 6) is 2.24. The molecular weight excluding hydrogens is 200 g/mol. The summed E-state index contributed by atoms with van der Waals surface area (Å²) >= 11 is 0. The Balaban J connectivity index is 3.33. The molecule has 0 fully saturated rings. The summed E-state index contributed by atoms with van der Waals surface area (Å²) in [6.07, 6.45) is 2.67. The highest BCUT2D eigenvalue weighted by Gasteiger charge is 2.13. The average molecular weight is 220 g/mol. The van der Waals surface area contributed by atoms with E-state index in [9.17, 15) is 0 Å². The maximum Gasteiger partial charge on any atom is 0.126 e. The SMILES string of the molecule is C=CCc1cc(OC)cc(C(C)C)c1OC. The lowest BCUT2D eigenvalue weighted by atomic mass is 9.97. The average Bonchev–Trinajstić information content (AvgIpc) is 2.28. The fourth-order valence-corrected chi connectivity index (χ4v) is 1.79. The number of hydrogen-bond acceptors (Lipinski definition) is 2. The number of allylic oxidation sites excluding steroid dienone is 1. The van der Waals surface area contributed by atoms with E-state index >= 15 is 0 Å². The van der Waals surface area contributed by atoms with Gasteiger partial charge in [0.05, 0.1) is 14.2 Å². The van der Waals surface area contributed by atoms with E-state index in [0.29, 0.717) is 5.92 Å². The van der Waals surface area contributed by atoms with E-state index in [1.165, 1.54) is 5.56 Å². The molecule has 0 unspecified atom stereocenters. The zero-order valence-corrected chi connectivity index (χ0v) is 10.5. The first kappa shape index (κ1) is 12.6. The second-order valence-electron chi connectivity index (χ2n) is 4.06. The van der Waals surface area contributed by atoms with Crippen molar-refractivity contribution in [2.24, 2.45) is 0 Å². The van der Waals surface area contributed by atoms with Crippen molar-refractivity contribution in [1.82, 2.24) is 0 Å². The predicted octanol–water partition coefficient (Wildman–Crippen LogP) is 3.56. The molecule has 0 aromatic heterocycles. The van der Waals surface area contributed by atoms with Crippen LogP contribution in [0, 0.1) is 0 Å². The number of methoxy groups -OCH3 is 2. The maximum atomic E-state index is 5.49. The summed E-state index contributed by atoms with van der Waals surface area (Å²) in [4.78, 5) is 0. The van der Waals surface area contributed by atoms with Crippen molar-refractivity contribution in [3.63, 3.8) is 0 Å². The minimum Gasteiger partial charge on any atom is -0.497 e. The number of benzene rings is 1. The molecule has 0 aliphatic carbocycles. The smallest absolute Gasteiger partial charge is 0.126 e. The van der Waals surface area contributed by atoms with Gasteiger partial charge in [-0.25, -0.2) is 0 Å². The molecule has 0 atom stereocenters. The van der Waals surface area contributed by atoms with E-state index in [1.54, 1.807) is 14.2 Å². The minimum atomic E-state index is 0.411. The number of rotatable bonds is 5. The van der Waals surface area contributed by atoms with Crippen LogP contribution in [0.2, 0.25) is 0 Å². The molecule has 0 aliphatic rings. The molecule has 0 saturated carbocycles. The van der Waals surface area contributed by atoms with Gasteiger partial charge in [0.1, 0.15) is 11.5 Å². The van der Waals surface area contributed by atoms with E-state index in [1.807, 2.05) is 18.2 Å². The summed E-state index contributed by atoms with van der Waals surface area (Å²) < 4.78 is 10.8. The standard InChI is InChI=1S/C14H20O2/c1-6-7-11-8-12(15-4)9-13(10(2)3)14(11)16-5/h6,8-10H,1,7H2,2-5H3. The molecule has 0 aliphatic heterocycles. The van der Waals surface area contributed by atoms with Crippen LogP contribution in [0.25, 0.3) is 0 Å². The Morgan fingerprint density at radius 1 is 1.25 bits per heavy atom. The molecule has 16 heavy (non-hydrogen) atoms. The van der Waals surface area contributed by atoms with Crippen LogP contribution in [0.5, 0.6) is 11.5 Å². The fraction of sp³-hybridized carbons (Fsp3) is 0.429. The Kier molecular flexibility index (Phi) is 4.41. The van der Waals surface area contributed by atoms with Crippen molar-refractivity contribution in [2.45, 2.75) is 26.2 Å². The zero-order chi connectivity index (χ0) is 12.1. The van der Waals surface area contributed by atoms with Gasteiger partial charge in [-0.2, -0.15) is 0 Å². The van der Waals surface area contributed by atoms with Crippen LogP contribution in [-0.2, 0) is 6.42 Å². The molecule has 0 heterocycles. The van der Waals surface area contributed by atoms with E-state index in [0.717, 1.165) is 23.5 Å². The van der Waals surface area contributed by atoms with Gasteiger partial charge in [-0.1, -0.05) is 19.9 Å². The summed E-state index contributed by atoms with van der Waals surface area (Å²) in [6.45, 7) is 8.06. The first-order chi connectivity index (χ1) is 7.63. The van der Waals surface area contributed by atoms with Crippen LogP contribution in [0.15, 0.2) is 24.8 Å². The highest BCUT2D eigenvalue weighted by molar-refractivity contribution is 5.49. The highest BCUT2D eigenvalue weighted by Crippen LogP contribution is 2.34. The third-order valence-corrected chi connectivity index (χ3v) is 2.59. The maximum absolute atomic E-state index is 5.49. The van der Waals surface area contributed by atoms with Crippen LogP contribution in [0.1, 0.15) is 30.9 Å². The van der Waals surface area contributed by atoms with Gasteiger partial charge >= 0.3 is 0 Å². The molecule has 1 aromatic carbocycles. The summed E-state index contributed by atoms with van der Waals surface area (Å²) in [6, 6.07) is 4.04. The first-order valence-corrected chi connectivity index (χ1v) is 5.49. The van der Waals surface area contributed by atoms with Crippen molar-refractivity contribution >= 4 is 0 Å². The van der Waals surface area contributed by atoms with Crippen LogP contribution >= 0.6 is 0 Å². The van der Waals surface area contributed by atoms with Crippen LogP contribution in [-0.4, -0.2) is 14.2 Å². The molecule has 0 N–H and O–H groups in total. The van der Waals surface area contributed by atoms with Crippen LogP contribution in [0.4, 0.5) is 0 Å². The number of hydrogen-bond donors (Lipinski definition) is 0. The second-order valence-corrected chi connectivity index (χ2v) is 4.06. The molecule has 0 saturated heterocycles. The fourth-order valence-electron chi connectivity index (χ4n) is 1.79. The largest absolute Gasteiger partial charge is 0.497 e.